The van der Waals surface area contributed by atoms with Crippen molar-refractivity contribution in [2.45, 2.75) is 17.7 Å². The fraction of sp³-hybridized carbons (Fsp3) is 0.458. The van der Waals surface area contributed by atoms with Gasteiger partial charge in [-0.1, -0.05) is 54.1 Å². The number of benzene rings is 2. The highest BCUT2D eigenvalue weighted by molar-refractivity contribution is 7.89. The van der Waals surface area contributed by atoms with Gasteiger partial charge in [0.25, 0.3) is 0 Å². The van der Waals surface area contributed by atoms with Crippen LogP contribution in [0.2, 0.25) is 5.02 Å². The van der Waals surface area contributed by atoms with E-state index in [1.807, 2.05) is 18.2 Å². The minimum Gasteiger partial charge on any atom is -0.383 e. The maximum Gasteiger partial charge on any atom is 0.244 e. The van der Waals surface area contributed by atoms with Crippen LogP contribution in [0, 0.1) is 0 Å². The Morgan fingerprint density at radius 3 is 2.33 bits per heavy atom. The topological polar surface area (TPSA) is 70.2 Å². The third-order valence-electron chi connectivity index (χ3n) is 5.80. The van der Waals surface area contributed by atoms with Gasteiger partial charge in [-0.25, -0.2) is 8.42 Å². The average Bonchev–Trinajstić information content (AvgIpc) is 2.83. The maximum atomic E-state index is 12.9. The zero-order valence-electron chi connectivity index (χ0n) is 19.0. The van der Waals surface area contributed by atoms with Crippen molar-refractivity contribution in [2.75, 3.05) is 59.5 Å². The van der Waals surface area contributed by atoms with Crippen molar-refractivity contribution in [1.82, 2.24) is 14.1 Å². The molecule has 0 radical (unpaired) electrons. The fourth-order valence-corrected chi connectivity index (χ4v) is 5.82. The maximum absolute atomic E-state index is 12.9. The lowest BCUT2D eigenvalue weighted by Gasteiger charge is -2.35. The van der Waals surface area contributed by atoms with E-state index >= 15 is 0 Å². The van der Waals surface area contributed by atoms with Crippen LogP contribution in [0.1, 0.15) is 12.0 Å². The summed E-state index contributed by atoms with van der Waals surface area (Å²) in [4.78, 5) is 16.9. The summed E-state index contributed by atoms with van der Waals surface area (Å²) in [5.41, 5.74) is 1.28. The fourth-order valence-electron chi connectivity index (χ4n) is 3.90. The normalized spacial score (nSPS) is 15.2. The number of piperazine rings is 1. The molecule has 0 bridgehead atoms. The van der Waals surface area contributed by atoms with Gasteiger partial charge in [0, 0.05) is 39.8 Å². The average molecular weight is 494 g/mol. The summed E-state index contributed by atoms with van der Waals surface area (Å²) < 4.78 is 32.5. The van der Waals surface area contributed by atoms with Gasteiger partial charge in [0.05, 0.1) is 18.2 Å². The second-order valence-electron chi connectivity index (χ2n) is 8.07. The van der Waals surface area contributed by atoms with Gasteiger partial charge in [-0.2, -0.15) is 4.31 Å². The Bertz CT molecular complexity index is 996. The van der Waals surface area contributed by atoms with E-state index < -0.39 is 10.0 Å². The molecule has 1 aliphatic rings. The van der Waals surface area contributed by atoms with Gasteiger partial charge in [-0.05, 0) is 37.1 Å². The molecule has 0 aliphatic carbocycles. The molecule has 0 atom stereocenters. The Morgan fingerprint density at radius 2 is 1.67 bits per heavy atom. The number of ether oxygens (including phenoxy) is 1. The molecule has 0 unspecified atom stereocenters. The van der Waals surface area contributed by atoms with E-state index in [0.717, 1.165) is 19.4 Å². The number of hydrogen-bond donors (Lipinski definition) is 0. The van der Waals surface area contributed by atoms with E-state index in [1.54, 1.807) is 30.2 Å². The SMILES string of the molecule is COCCN(CCCc1ccccc1)CC(=O)N1CCN(S(=O)(=O)c2ccccc2Cl)CC1. The second-order valence-corrected chi connectivity index (χ2v) is 10.4. The Hall–Kier alpha value is -1.97. The van der Waals surface area contributed by atoms with E-state index in [4.69, 9.17) is 16.3 Å². The number of hydrogen-bond acceptors (Lipinski definition) is 5. The molecule has 0 N–H and O–H groups in total. The monoisotopic (exact) mass is 493 g/mol. The van der Waals surface area contributed by atoms with Gasteiger partial charge in [0.15, 0.2) is 0 Å². The molecule has 0 saturated carbocycles. The number of carbonyl (C=O) groups excluding carboxylic acids is 1. The molecule has 1 fully saturated rings. The number of aryl methyl sites for hydroxylation is 1. The van der Waals surface area contributed by atoms with E-state index in [-0.39, 0.29) is 28.9 Å². The molecule has 2 aromatic rings. The molecule has 1 amide bonds. The summed E-state index contributed by atoms with van der Waals surface area (Å²) in [6.07, 6.45) is 1.90. The lowest BCUT2D eigenvalue weighted by Crippen LogP contribution is -2.52. The molecule has 33 heavy (non-hydrogen) atoms. The lowest BCUT2D eigenvalue weighted by atomic mass is 10.1. The smallest absolute Gasteiger partial charge is 0.244 e. The van der Waals surface area contributed by atoms with E-state index in [9.17, 15) is 13.2 Å². The molecule has 0 aromatic heterocycles. The third kappa shape index (κ3) is 7.25. The molecular weight excluding hydrogens is 462 g/mol. The Labute approximate surface area is 201 Å². The Balaban J connectivity index is 1.51. The molecule has 9 heteroatoms. The number of nitrogens with zero attached hydrogens (tertiary/aromatic N) is 3. The van der Waals surface area contributed by atoms with Crippen LogP contribution in [0.3, 0.4) is 0 Å². The molecule has 1 saturated heterocycles. The van der Waals surface area contributed by atoms with Crippen molar-refractivity contribution in [3.05, 3.63) is 65.2 Å². The number of carbonyl (C=O) groups is 1. The van der Waals surface area contributed by atoms with Crippen LogP contribution in [0.15, 0.2) is 59.5 Å². The summed E-state index contributed by atoms with van der Waals surface area (Å²) in [6.45, 7) is 3.58. The summed E-state index contributed by atoms with van der Waals surface area (Å²) in [5.74, 6) is 0.0144. The van der Waals surface area contributed by atoms with E-state index in [2.05, 4.69) is 17.0 Å². The van der Waals surface area contributed by atoms with Crippen LogP contribution in [-0.2, 0) is 26.0 Å². The first-order valence-electron chi connectivity index (χ1n) is 11.2. The van der Waals surface area contributed by atoms with Crippen molar-refractivity contribution in [3.63, 3.8) is 0 Å². The summed E-state index contributed by atoms with van der Waals surface area (Å²) in [6, 6.07) is 16.7. The van der Waals surface area contributed by atoms with E-state index in [0.29, 0.717) is 32.8 Å². The highest BCUT2D eigenvalue weighted by Gasteiger charge is 2.31. The molecule has 1 aliphatic heterocycles. The Kier molecular flexibility index (Phi) is 9.70. The van der Waals surface area contributed by atoms with Crippen LogP contribution in [-0.4, -0.2) is 88.0 Å². The predicted octanol–water partition coefficient (Wildman–Crippen LogP) is 2.75. The van der Waals surface area contributed by atoms with Gasteiger partial charge in [0.1, 0.15) is 4.90 Å². The zero-order valence-corrected chi connectivity index (χ0v) is 20.6. The van der Waals surface area contributed by atoms with Crippen LogP contribution in [0.25, 0.3) is 0 Å². The lowest BCUT2D eigenvalue weighted by molar-refractivity contribution is -0.133. The van der Waals surface area contributed by atoms with Crippen LogP contribution in [0.5, 0.6) is 0 Å². The number of amides is 1. The quantitative estimate of drug-likeness (QED) is 0.481. The summed E-state index contributed by atoms with van der Waals surface area (Å²) in [7, 11) is -2.02. The third-order valence-corrected chi connectivity index (χ3v) is 8.20. The second kappa shape index (κ2) is 12.5. The molecule has 7 nitrogen and oxygen atoms in total. The highest BCUT2D eigenvalue weighted by atomic mass is 35.5. The zero-order chi connectivity index (χ0) is 23.7. The molecule has 2 aromatic carbocycles. The van der Waals surface area contributed by atoms with Crippen molar-refractivity contribution < 1.29 is 17.9 Å². The van der Waals surface area contributed by atoms with Crippen LogP contribution >= 0.6 is 11.6 Å². The Morgan fingerprint density at radius 1 is 1.00 bits per heavy atom. The summed E-state index contributed by atoms with van der Waals surface area (Å²) in [5, 5.41) is 0.209. The van der Waals surface area contributed by atoms with Crippen molar-refractivity contribution in [3.8, 4) is 0 Å². The minimum atomic E-state index is -3.68. The minimum absolute atomic E-state index is 0.0144. The molecule has 180 valence electrons. The first kappa shape index (κ1) is 25.6. The predicted molar refractivity (Wildman–Crippen MR) is 130 cm³/mol. The number of methoxy groups -OCH3 is 1. The van der Waals surface area contributed by atoms with Gasteiger partial charge in [-0.15, -0.1) is 0 Å². The molecule has 0 spiro atoms. The number of halogens is 1. The van der Waals surface area contributed by atoms with Gasteiger partial charge >= 0.3 is 0 Å². The van der Waals surface area contributed by atoms with Gasteiger partial charge in [-0.3, -0.25) is 9.69 Å². The highest BCUT2D eigenvalue weighted by Crippen LogP contribution is 2.25. The van der Waals surface area contributed by atoms with E-state index in [1.165, 1.54) is 15.9 Å². The van der Waals surface area contributed by atoms with Crippen molar-refractivity contribution in [2.24, 2.45) is 0 Å². The van der Waals surface area contributed by atoms with Gasteiger partial charge in [0.2, 0.25) is 15.9 Å². The van der Waals surface area contributed by atoms with Crippen molar-refractivity contribution in [1.29, 1.82) is 0 Å². The first-order valence-corrected chi connectivity index (χ1v) is 13.0. The number of rotatable bonds is 11. The van der Waals surface area contributed by atoms with Crippen molar-refractivity contribution >= 4 is 27.5 Å². The first-order chi connectivity index (χ1) is 15.9. The van der Waals surface area contributed by atoms with Crippen LogP contribution < -0.4 is 0 Å². The van der Waals surface area contributed by atoms with Gasteiger partial charge < -0.3 is 9.64 Å². The standard InChI is InChI=1S/C24H32ClN3O4S/c1-32-19-18-26(13-7-10-21-8-3-2-4-9-21)20-24(29)27-14-16-28(17-15-27)33(30,31)23-12-6-5-11-22(23)25/h2-6,8-9,11-12H,7,10,13-20H2,1H3. The summed E-state index contributed by atoms with van der Waals surface area (Å²) >= 11 is 6.10. The van der Waals surface area contributed by atoms with Crippen LogP contribution in [0.4, 0.5) is 0 Å². The largest absolute Gasteiger partial charge is 0.383 e. The molecule has 1 heterocycles. The molecular formula is C24H32ClN3O4S. The number of sulfonamides is 1. The molecule has 3 rings (SSSR count).